The predicted octanol–water partition coefficient (Wildman–Crippen LogP) is 3.65. The molecule has 0 unspecified atom stereocenters. The first-order valence-electron chi connectivity index (χ1n) is 4.37. The molecule has 0 aromatic carbocycles. The van der Waals surface area contributed by atoms with E-state index in [-0.39, 0.29) is 12.8 Å². The zero-order valence-corrected chi connectivity index (χ0v) is 8.57. The highest BCUT2D eigenvalue weighted by Gasteiger charge is 2.56. The van der Waals surface area contributed by atoms with Crippen molar-refractivity contribution >= 4 is 11.6 Å². The molecule has 2 atom stereocenters. The Morgan fingerprint density at radius 2 is 1.44 bits per heavy atom. The average molecular weight is 268 g/mol. The molecule has 0 fully saturated rings. The Bertz CT molecular complexity index is 257. The minimum Gasteiger partial charge on any atom is -0.155 e. The maximum absolute atomic E-state index is 12.2. The van der Waals surface area contributed by atoms with E-state index >= 15 is 0 Å². The molecule has 0 spiro atoms. The van der Waals surface area contributed by atoms with Gasteiger partial charge >= 0.3 is 12.6 Å². The van der Waals surface area contributed by atoms with Crippen LogP contribution in [-0.2, 0) is 0 Å². The largest absolute Gasteiger partial charge is 0.467 e. The minimum atomic E-state index is -5.44. The van der Waals surface area contributed by atoms with Gasteiger partial charge in [0.2, 0.25) is 0 Å². The number of hydrogen-bond donors (Lipinski definition) is 0. The highest BCUT2D eigenvalue weighted by Crippen LogP contribution is 2.38. The molecule has 0 N–H and O–H groups in total. The van der Waals surface area contributed by atoms with Crippen LogP contribution < -0.4 is 0 Å². The summed E-state index contributed by atoms with van der Waals surface area (Å²) >= 11 is 5.55. The topological polar surface area (TPSA) is 3.24 Å². The van der Waals surface area contributed by atoms with E-state index < -0.39 is 28.9 Å². The Morgan fingerprint density at radius 3 is 1.75 bits per heavy atom. The second kappa shape index (κ2) is 4.44. The molecule has 0 bridgehead atoms. The van der Waals surface area contributed by atoms with Crippen molar-refractivity contribution in [2.45, 2.75) is 36.9 Å². The molecule has 0 saturated carbocycles. The van der Waals surface area contributed by atoms with Crippen molar-refractivity contribution in [1.29, 1.82) is 0 Å². The van der Waals surface area contributed by atoms with E-state index in [1.54, 1.807) is 0 Å². The summed E-state index contributed by atoms with van der Waals surface area (Å²) in [7, 11) is 0. The summed E-state index contributed by atoms with van der Waals surface area (Å²) < 4.78 is 73.4. The van der Waals surface area contributed by atoms with Crippen molar-refractivity contribution in [2.24, 2.45) is 0 Å². The van der Waals surface area contributed by atoms with Gasteiger partial charge in [-0.25, -0.2) is 0 Å². The summed E-state index contributed by atoms with van der Waals surface area (Å²) in [5.74, 6) is 0. The van der Waals surface area contributed by atoms with E-state index in [0.717, 1.165) is 12.2 Å². The van der Waals surface area contributed by atoms with Gasteiger partial charge < -0.3 is 0 Å². The lowest BCUT2D eigenvalue weighted by atomic mass is 10.0. The van der Waals surface area contributed by atoms with Crippen LogP contribution in [-0.4, -0.2) is 28.9 Å². The van der Waals surface area contributed by atoms with Crippen LogP contribution in [0.5, 0.6) is 0 Å². The van der Waals surface area contributed by atoms with Gasteiger partial charge in [-0.15, -0.1) is 16.5 Å². The van der Waals surface area contributed by atoms with Gasteiger partial charge in [-0.2, -0.15) is 26.3 Å². The number of allylic oxidation sites excluding steroid dienone is 1. The van der Waals surface area contributed by atoms with Crippen molar-refractivity contribution in [3.05, 3.63) is 12.2 Å². The van der Waals surface area contributed by atoms with Crippen LogP contribution in [0.1, 0.15) is 12.8 Å². The van der Waals surface area contributed by atoms with Crippen molar-refractivity contribution in [1.82, 2.24) is 4.90 Å². The molecule has 94 valence electrons. The van der Waals surface area contributed by atoms with E-state index in [0.29, 0.717) is 0 Å². The van der Waals surface area contributed by atoms with E-state index in [1.165, 1.54) is 0 Å². The lowest BCUT2D eigenvalue weighted by Crippen LogP contribution is -2.53. The van der Waals surface area contributed by atoms with E-state index in [2.05, 4.69) is 0 Å². The third kappa shape index (κ3) is 3.28. The Balaban J connectivity index is 2.91. The molecule has 0 aromatic heterocycles. The Hall–Kier alpha value is -0.430. The van der Waals surface area contributed by atoms with Crippen LogP contribution in [0.15, 0.2) is 12.2 Å². The van der Waals surface area contributed by atoms with Gasteiger partial charge in [-0.05, 0) is 12.8 Å². The van der Waals surface area contributed by atoms with Gasteiger partial charge in [0.15, 0.2) is 0 Å². The SMILES string of the molecule is FC(F)(F)N([C@@H]1C=C[C@@H](Cl)CC1)C(F)(F)F. The maximum atomic E-state index is 12.2. The standard InChI is InChI=1S/C8H8ClF6N/c9-5-1-3-6(4-2-5)16(7(10,11)12)8(13,14)15/h1,3,5-6H,2,4H2/t5-,6-/m1/s1. The lowest BCUT2D eigenvalue weighted by molar-refractivity contribution is -0.381. The van der Waals surface area contributed by atoms with E-state index in [1.807, 2.05) is 0 Å². The number of halogens is 7. The zero-order valence-electron chi connectivity index (χ0n) is 7.82. The number of hydrogen-bond acceptors (Lipinski definition) is 1. The first-order chi connectivity index (χ1) is 7.12. The summed E-state index contributed by atoms with van der Waals surface area (Å²) in [5, 5.41) is -0.500. The van der Waals surface area contributed by atoms with Crippen LogP contribution in [0.3, 0.4) is 0 Å². The number of rotatable bonds is 1. The summed E-state index contributed by atoms with van der Waals surface area (Å²) in [6.07, 6.45) is -9.06. The van der Waals surface area contributed by atoms with Gasteiger partial charge in [0.05, 0.1) is 5.38 Å². The molecule has 0 radical (unpaired) electrons. The van der Waals surface area contributed by atoms with Gasteiger partial charge in [0.25, 0.3) is 0 Å². The fourth-order valence-electron chi connectivity index (χ4n) is 1.51. The predicted molar refractivity (Wildman–Crippen MR) is 45.8 cm³/mol. The fourth-order valence-corrected chi connectivity index (χ4v) is 1.72. The molecule has 0 aliphatic heterocycles. The Labute approximate surface area is 92.7 Å². The highest BCUT2D eigenvalue weighted by atomic mass is 35.5. The monoisotopic (exact) mass is 267 g/mol. The zero-order chi connectivity index (χ0) is 12.6. The summed E-state index contributed by atoms with van der Waals surface area (Å²) in [4.78, 5) is -1.40. The van der Waals surface area contributed by atoms with E-state index in [9.17, 15) is 26.3 Å². The van der Waals surface area contributed by atoms with Crippen molar-refractivity contribution in [3.8, 4) is 0 Å². The molecule has 0 heterocycles. The number of nitrogens with zero attached hydrogens (tertiary/aromatic N) is 1. The second-order valence-corrected chi connectivity index (χ2v) is 3.91. The summed E-state index contributed by atoms with van der Waals surface area (Å²) in [6, 6.07) is -1.73. The van der Waals surface area contributed by atoms with Crippen LogP contribution >= 0.6 is 11.6 Å². The van der Waals surface area contributed by atoms with Crippen LogP contribution in [0, 0.1) is 0 Å². The third-order valence-electron chi connectivity index (χ3n) is 2.16. The third-order valence-corrected chi connectivity index (χ3v) is 2.52. The second-order valence-electron chi connectivity index (χ2n) is 3.35. The molecule has 16 heavy (non-hydrogen) atoms. The first kappa shape index (κ1) is 13.6. The molecular formula is C8H8ClF6N. The normalized spacial score (nSPS) is 27.5. The molecule has 1 aliphatic carbocycles. The first-order valence-corrected chi connectivity index (χ1v) is 4.81. The maximum Gasteiger partial charge on any atom is 0.467 e. The Kier molecular flexibility index (Phi) is 3.79. The van der Waals surface area contributed by atoms with Gasteiger partial charge in [0, 0.05) is 6.04 Å². The molecule has 0 aromatic rings. The molecule has 1 rings (SSSR count). The average Bonchev–Trinajstić information content (AvgIpc) is 2.03. The Morgan fingerprint density at radius 1 is 0.938 bits per heavy atom. The molecule has 1 aliphatic rings. The van der Waals surface area contributed by atoms with Crippen LogP contribution in [0.25, 0.3) is 0 Å². The smallest absolute Gasteiger partial charge is 0.155 e. The lowest BCUT2D eigenvalue weighted by Gasteiger charge is -2.34. The fraction of sp³-hybridized carbons (Fsp3) is 0.750. The molecule has 8 heteroatoms. The highest BCUT2D eigenvalue weighted by molar-refractivity contribution is 6.21. The van der Waals surface area contributed by atoms with Crippen LogP contribution in [0.4, 0.5) is 26.3 Å². The quantitative estimate of drug-likeness (QED) is 0.303. The van der Waals surface area contributed by atoms with Crippen molar-refractivity contribution < 1.29 is 26.3 Å². The van der Waals surface area contributed by atoms with E-state index in [4.69, 9.17) is 11.6 Å². The van der Waals surface area contributed by atoms with Crippen LogP contribution in [0.2, 0.25) is 0 Å². The van der Waals surface area contributed by atoms with Crippen molar-refractivity contribution in [3.63, 3.8) is 0 Å². The minimum absolute atomic E-state index is 0.0887. The van der Waals surface area contributed by atoms with Gasteiger partial charge in [0.1, 0.15) is 0 Å². The van der Waals surface area contributed by atoms with Crippen molar-refractivity contribution in [2.75, 3.05) is 0 Å². The van der Waals surface area contributed by atoms with Gasteiger partial charge in [-0.1, -0.05) is 12.2 Å². The summed E-state index contributed by atoms with van der Waals surface area (Å²) in [5.41, 5.74) is 0. The molecular weight excluding hydrogens is 260 g/mol. The molecule has 1 nitrogen and oxygen atoms in total. The number of alkyl halides is 7. The molecule has 0 saturated heterocycles. The van der Waals surface area contributed by atoms with Gasteiger partial charge in [-0.3, -0.25) is 0 Å². The molecule has 0 amide bonds. The summed E-state index contributed by atoms with van der Waals surface area (Å²) in [6.45, 7) is 0.